The van der Waals surface area contributed by atoms with Crippen molar-refractivity contribution in [1.29, 1.82) is 0 Å². The minimum Gasteiger partial charge on any atom is -0.207 e. The summed E-state index contributed by atoms with van der Waals surface area (Å²) in [5, 5.41) is 0. The molecule has 0 aliphatic heterocycles. The van der Waals surface area contributed by atoms with Gasteiger partial charge in [-0.3, -0.25) is 0 Å². The molecule has 0 atom stereocenters. The standard InChI is InChI=1S/C30H47F/c1-2-3-4-5-6-7-8-25-9-11-26(12-10-25)13-14-27-15-17-28(18-16-27)19-20-29-21-23-30(31)24-22-29/h13-14,21-28H,2-12,15-20H2,1H3/b14-13+/t25-,26-,27-,28-. The van der Waals surface area contributed by atoms with Crippen molar-refractivity contribution in [2.75, 3.05) is 0 Å². The molecule has 3 rings (SSSR count). The van der Waals surface area contributed by atoms with Gasteiger partial charge in [-0.1, -0.05) is 76.2 Å². The number of hydrogen-bond donors (Lipinski definition) is 0. The summed E-state index contributed by atoms with van der Waals surface area (Å²) in [6, 6.07) is 7.09. The first-order valence-corrected chi connectivity index (χ1v) is 13.7. The zero-order chi connectivity index (χ0) is 21.7. The number of hydrogen-bond acceptors (Lipinski definition) is 0. The van der Waals surface area contributed by atoms with Gasteiger partial charge in [-0.05, 0) is 106 Å². The van der Waals surface area contributed by atoms with E-state index in [0.717, 1.165) is 30.1 Å². The van der Waals surface area contributed by atoms with Crippen LogP contribution in [0.2, 0.25) is 0 Å². The number of aryl methyl sites for hydroxylation is 1. The van der Waals surface area contributed by atoms with Gasteiger partial charge in [0.15, 0.2) is 0 Å². The molecule has 0 heterocycles. The van der Waals surface area contributed by atoms with Gasteiger partial charge in [0.25, 0.3) is 0 Å². The molecule has 0 N–H and O–H groups in total. The summed E-state index contributed by atoms with van der Waals surface area (Å²) in [5.74, 6) is 3.45. The molecule has 1 aromatic carbocycles. The van der Waals surface area contributed by atoms with Crippen LogP contribution in [0.1, 0.15) is 115 Å². The van der Waals surface area contributed by atoms with Crippen LogP contribution in [-0.2, 0) is 6.42 Å². The van der Waals surface area contributed by atoms with E-state index >= 15 is 0 Å². The van der Waals surface area contributed by atoms with Crippen LogP contribution in [0.5, 0.6) is 0 Å². The minimum atomic E-state index is -0.123. The van der Waals surface area contributed by atoms with E-state index < -0.39 is 0 Å². The Morgan fingerprint density at radius 1 is 0.677 bits per heavy atom. The summed E-state index contributed by atoms with van der Waals surface area (Å²) in [7, 11) is 0. The fourth-order valence-corrected chi connectivity index (χ4v) is 5.89. The van der Waals surface area contributed by atoms with Crippen LogP contribution in [0.4, 0.5) is 4.39 Å². The van der Waals surface area contributed by atoms with Gasteiger partial charge in [-0.25, -0.2) is 4.39 Å². The number of unbranched alkanes of at least 4 members (excludes halogenated alkanes) is 5. The molecule has 2 saturated carbocycles. The van der Waals surface area contributed by atoms with Crippen LogP contribution in [-0.4, -0.2) is 0 Å². The Balaban J connectivity index is 1.24. The summed E-state index contributed by atoms with van der Waals surface area (Å²) < 4.78 is 13.0. The maximum atomic E-state index is 13.0. The molecule has 0 radical (unpaired) electrons. The predicted octanol–water partition coefficient (Wildman–Crippen LogP) is 9.68. The molecule has 174 valence electrons. The lowest BCUT2D eigenvalue weighted by Crippen LogP contribution is -2.15. The van der Waals surface area contributed by atoms with Crippen molar-refractivity contribution in [3.05, 3.63) is 47.8 Å². The third kappa shape index (κ3) is 9.50. The van der Waals surface area contributed by atoms with Crippen LogP contribution >= 0.6 is 0 Å². The highest BCUT2D eigenvalue weighted by Crippen LogP contribution is 2.35. The van der Waals surface area contributed by atoms with Gasteiger partial charge in [0.05, 0.1) is 0 Å². The zero-order valence-corrected chi connectivity index (χ0v) is 20.2. The lowest BCUT2D eigenvalue weighted by atomic mass is 9.77. The van der Waals surface area contributed by atoms with Gasteiger partial charge in [0, 0.05) is 0 Å². The van der Waals surface area contributed by atoms with Gasteiger partial charge in [0.2, 0.25) is 0 Å². The average molecular weight is 427 g/mol. The molecule has 0 spiro atoms. The second kappa shape index (κ2) is 14.1. The van der Waals surface area contributed by atoms with Gasteiger partial charge in [-0.15, -0.1) is 0 Å². The maximum Gasteiger partial charge on any atom is 0.123 e. The van der Waals surface area contributed by atoms with Crippen molar-refractivity contribution in [2.24, 2.45) is 23.7 Å². The summed E-state index contributed by atoms with van der Waals surface area (Å²) >= 11 is 0. The first-order chi connectivity index (χ1) is 15.2. The topological polar surface area (TPSA) is 0 Å². The maximum absolute atomic E-state index is 13.0. The monoisotopic (exact) mass is 426 g/mol. The molecule has 1 aromatic rings. The summed E-state index contributed by atoms with van der Waals surface area (Å²) in [6.07, 6.45) is 29.0. The highest BCUT2D eigenvalue weighted by molar-refractivity contribution is 5.16. The molecular formula is C30H47F. The number of benzene rings is 1. The van der Waals surface area contributed by atoms with Crippen LogP contribution in [0, 0.1) is 29.5 Å². The van der Waals surface area contributed by atoms with Gasteiger partial charge < -0.3 is 0 Å². The summed E-state index contributed by atoms with van der Waals surface area (Å²) in [5.41, 5.74) is 1.29. The lowest BCUT2D eigenvalue weighted by Gasteiger charge is -2.29. The van der Waals surface area contributed by atoms with E-state index in [1.807, 2.05) is 12.1 Å². The molecule has 0 aromatic heterocycles. The zero-order valence-electron chi connectivity index (χ0n) is 20.2. The molecular weight excluding hydrogens is 379 g/mol. The largest absolute Gasteiger partial charge is 0.207 e. The van der Waals surface area contributed by atoms with E-state index in [9.17, 15) is 4.39 Å². The Morgan fingerprint density at radius 3 is 1.77 bits per heavy atom. The Labute approximate surface area is 192 Å². The summed E-state index contributed by atoms with van der Waals surface area (Å²) in [6.45, 7) is 2.30. The van der Waals surface area contributed by atoms with Crippen LogP contribution in [0.15, 0.2) is 36.4 Å². The second-order valence-electron chi connectivity index (χ2n) is 10.7. The second-order valence-corrected chi connectivity index (χ2v) is 10.7. The van der Waals surface area contributed by atoms with E-state index in [1.54, 1.807) is 12.1 Å². The van der Waals surface area contributed by atoms with Gasteiger partial charge in [0.1, 0.15) is 5.82 Å². The number of allylic oxidation sites excluding steroid dienone is 2. The number of halogens is 1. The van der Waals surface area contributed by atoms with Gasteiger partial charge >= 0.3 is 0 Å². The van der Waals surface area contributed by atoms with Crippen molar-refractivity contribution in [1.82, 2.24) is 0 Å². The highest BCUT2D eigenvalue weighted by Gasteiger charge is 2.22. The first kappa shape index (κ1) is 24.5. The molecule has 2 aliphatic rings. The molecule has 2 aliphatic carbocycles. The molecule has 0 bridgehead atoms. The third-order valence-corrected chi connectivity index (χ3v) is 8.16. The SMILES string of the molecule is CCCCCCCC[C@H]1CC[C@H](/C=C/[C@H]2CC[C@H](CCc3ccc(F)cc3)CC2)CC1. The predicted molar refractivity (Wildman–Crippen MR) is 133 cm³/mol. The third-order valence-electron chi connectivity index (χ3n) is 8.16. The summed E-state index contributed by atoms with van der Waals surface area (Å²) in [4.78, 5) is 0. The Morgan fingerprint density at radius 2 is 1.19 bits per heavy atom. The van der Waals surface area contributed by atoms with Crippen molar-refractivity contribution in [3.8, 4) is 0 Å². The fraction of sp³-hybridized carbons (Fsp3) is 0.733. The van der Waals surface area contributed by atoms with Crippen LogP contribution in [0.3, 0.4) is 0 Å². The molecule has 0 saturated heterocycles. The molecule has 1 heteroatoms. The molecule has 31 heavy (non-hydrogen) atoms. The lowest BCUT2D eigenvalue weighted by molar-refractivity contribution is 0.282. The molecule has 0 nitrogen and oxygen atoms in total. The van der Waals surface area contributed by atoms with Gasteiger partial charge in [-0.2, -0.15) is 0 Å². The van der Waals surface area contributed by atoms with Crippen molar-refractivity contribution >= 4 is 0 Å². The van der Waals surface area contributed by atoms with E-state index in [2.05, 4.69) is 19.1 Å². The van der Waals surface area contributed by atoms with Crippen molar-refractivity contribution in [2.45, 2.75) is 116 Å². The van der Waals surface area contributed by atoms with E-state index in [4.69, 9.17) is 0 Å². The normalized spacial score (nSPS) is 27.0. The van der Waals surface area contributed by atoms with Crippen LogP contribution in [0.25, 0.3) is 0 Å². The molecule has 0 amide bonds. The van der Waals surface area contributed by atoms with E-state index in [1.165, 1.54) is 108 Å². The number of rotatable bonds is 12. The highest BCUT2D eigenvalue weighted by atomic mass is 19.1. The molecule has 0 unspecified atom stereocenters. The fourth-order valence-electron chi connectivity index (χ4n) is 5.89. The Hall–Kier alpha value is -1.11. The van der Waals surface area contributed by atoms with E-state index in [-0.39, 0.29) is 5.82 Å². The van der Waals surface area contributed by atoms with E-state index in [0.29, 0.717) is 0 Å². The smallest absolute Gasteiger partial charge is 0.123 e. The quantitative estimate of drug-likeness (QED) is 0.230. The van der Waals surface area contributed by atoms with Crippen molar-refractivity contribution < 1.29 is 4.39 Å². The van der Waals surface area contributed by atoms with Crippen LogP contribution < -0.4 is 0 Å². The first-order valence-electron chi connectivity index (χ1n) is 13.7. The van der Waals surface area contributed by atoms with Crippen molar-refractivity contribution in [3.63, 3.8) is 0 Å². The minimum absolute atomic E-state index is 0.123. The average Bonchev–Trinajstić information content (AvgIpc) is 2.81. The Kier molecular flexibility index (Phi) is 11.2. The molecule has 2 fully saturated rings. The Bertz CT molecular complexity index is 600.